The molecule has 38 heavy (non-hydrogen) atoms. The van der Waals surface area contributed by atoms with Crippen LogP contribution in [0.4, 0.5) is 4.79 Å². The van der Waals surface area contributed by atoms with Crippen LogP contribution < -0.4 is 5.32 Å². The van der Waals surface area contributed by atoms with E-state index in [1.807, 2.05) is 0 Å². The van der Waals surface area contributed by atoms with Crippen molar-refractivity contribution in [2.45, 2.75) is 104 Å². The zero-order valence-electron chi connectivity index (χ0n) is 22.5. The van der Waals surface area contributed by atoms with E-state index in [-0.39, 0.29) is 0 Å². The zero-order chi connectivity index (χ0) is 29.4. The summed E-state index contributed by atoms with van der Waals surface area (Å²) in [5, 5.41) is 11.9. The molecule has 0 aromatic carbocycles. The number of amides is 1. The smallest absolute Gasteiger partial charge is 0.408 e. The van der Waals surface area contributed by atoms with Gasteiger partial charge in [-0.2, -0.15) is 0 Å². The molecule has 1 rings (SSSR count). The second kappa shape index (κ2) is 13.9. The highest BCUT2D eigenvalue weighted by atomic mass is 16.7. The normalized spacial score (nSPS) is 24.7. The number of hydrogen-bond donors (Lipinski definition) is 2. The van der Waals surface area contributed by atoms with Crippen LogP contribution in [0.3, 0.4) is 0 Å². The second-order valence-electron chi connectivity index (χ2n) is 9.37. The molecule has 216 valence electrons. The molecular formula is C23H35NO14. The lowest BCUT2D eigenvalue weighted by Crippen LogP contribution is -2.64. The SMILES string of the molecule is CC(=O)OC[C@H]1O[C@@H](O[C@H](C)[C@H](NC(=O)OC(C)(C)C)C(=O)O)[C@H](OC(C)=O)[C@@H](OC(C)=O)[C@H]1OC(C)=O. The molecule has 7 atom stereocenters. The topological polar surface area (TPSA) is 199 Å². The first-order valence-corrected chi connectivity index (χ1v) is 11.6. The molecular weight excluding hydrogens is 514 g/mol. The number of carboxylic acids is 1. The van der Waals surface area contributed by atoms with Gasteiger partial charge >= 0.3 is 35.9 Å². The molecule has 1 amide bonds. The van der Waals surface area contributed by atoms with E-state index < -0.39 is 91.0 Å². The zero-order valence-corrected chi connectivity index (χ0v) is 22.5. The van der Waals surface area contributed by atoms with Gasteiger partial charge in [-0.1, -0.05) is 0 Å². The van der Waals surface area contributed by atoms with Crippen molar-refractivity contribution in [3.63, 3.8) is 0 Å². The fourth-order valence-corrected chi connectivity index (χ4v) is 3.40. The Morgan fingerprint density at radius 1 is 0.842 bits per heavy atom. The Hall–Kier alpha value is -3.46. The number of esters is 4. The Balaban J connectivity index is 3.38. The lowest BCUT2D eigenvalue weighted by Gasteiger charge is -2.44. The van der Waals surface area contributed by atoms with E-state index in [2.05, 4.69) is 5.32 Å². The monoisotopic (exact) mass is 549 g/mol. The standard InChI is InChI=1S/C23H35NO14/c1-10(16(20(29)30)24-22(31)38-23(6,7)8)33-21-19(36-14(5)28)18(35-13(4)27)17(34-12(3)26)15(37-21)9-32-11(2)25/h10,15-19,21H,9H2,1-8H3,(H,24,31)(H,29,30)/t10-,15-,16+,17+,18+,19-,21-/m1/s1. The molecule has 0 bridgehead atoms. The van der Waals surface area contributed by atoms with Gasteiger partial charge in [0.2, 0.25) is 0 Å². The van der Waals surface area contributed by atoms with Gasteiger partial charge < -0.3 is 43.6 Å². The van der Waals surface area contributed by atoms with E-state index in [0.717, 1.165) is 27.7 Å². The number of rotatable bonds is 10. The summed E-state index contributed by atoms with van der Waals surface area (Å²) < 4.78 is 37.4. The summed E-state index contributed by atoms with van der Waals surface area (Å²) in [5.41, 5.74) is -0.920. The van der Waals surface area contributed by atoms with Crippen molar-refractivity contribution in [2.75, 3.05) is 6.61 Å². The van der Waals surface area contributed by atoms with Crippen LogP contribution in [-0.4, -0.2) is 96.1 Å². The molecule has 15 heteroatoms. The fourth-order valence-electron chi connectivity index (χ4n) is 3.40. The molecule has 15 nitrogen and oxygen atoms in total. The molecule has 1 aliphatic rings. The average Bonchev–Trinajstić information content (AvgIpc) is 2.72. The number of alkyl carbamates (subject to hydrolysis) is 1. The van der Waals surface area contributed by atoms with E-state index >= 15 is 0 Å². The van der Waals surface area contributed by atoms with Crippen LogP contribution in [0.1, 0.15) is 55.4 Å². The molecule has 2 N–H and O–H groups in total. The minimum absolute atomic E-state index is 0.495. The number of carbonyl (C=O) groups excluding carboxylic acids is 5. The highest BCUT2D eigenvalue weighted by Crippen LogP contribution is 2.31. The van der Waals surface area contributed by atoms with Crippen molar-refractivity contribution in [1.29, 1.82) is 0 Å². The van der Waals surface area contributed by atoms with Gasteiger partial charge in [-0.05, 0) is 27.7 Å². The Bertz CT molecular complexity index is 897. The maximum atomic E-state index is 12.2. The molecule has 1 heterocycles. The van der Waals surface area contributed by atoms with Crippen LogP contribution in [0.5, 0.6) is 0 Å². The first kappa shape index (κ1) is 32.6. The average molecular weight is 550 g/mol. The highest BCUT2D eigenvalue weighted by molar-refractivity contribution is 5.80. The van der Waals surface area contributed by atoms with Gasteiger partial charge in [0, 0.05) is 27.7 Å². The first-order valence-electron chi connectivity index (χ1n) is 11.6. The van der Waals surface area contributed by atoms with Crippen LogP contribution in [0.15, 0.2) is 0 Å². The van der Waals surface area contributed by atoms with Crippen LogP contribution in [-0.2, 0) is 57.1 Å². The molecule has 0 saturated carbocycles. The Morgan fingerprint density at radius 3 is 1.79 bits per heavy atom. The van der Waals surface area contributed by atoms with E-state index in [0.29, 0.717) is 0 Å². The quantitative estimate of drug-likeness (QED) is 0.281. The molecule has 0 aromatic heterocycles. The molecule has 0 radical (unpaired) electrons. The number of carbonyl (C=O) groups is 6. The summed E-state index contributed by atoms with van der Waals surface area (Å²) in [6.45, 7) is 9.81. The van der Waals surface area contributed by atoms with Crippen LogP contribution in [0.2, 0.25) is 0 Å². The van der Waals surface area contributed by atoms with E-state index in [1.54, 1.807) is 20.8 Å². The van der Waals surface area contributed by atoms with Gasteiger partial charge in [-0.3, -0.25) is 19.2 Å². The van der Waals surface area contributed by atoms with Crippen molar-refractivity contribution in [3.8, 4) is 0 Å². The lowest BCUT2D eigenvalue weighted by atomic mass is 9.98. The van der Waals surface area contributed by atoms with Gasteiger partial charge in [-0.15, -0.1) is 0 Å². The van der Waals surface area contributed by atoms with Crippen LogP contribution >= 0.6 is 0 Å². The molecule has 1 aliphatic heterocycles. The summed E-state index contributed by atoms with van der Waals surface area (Å²) in [6.07, 6.45) is -9.79. The highest BCUT2D eigenvalue weighted by Gasteiger charge is 2.53. The number of nitrogens with one attached hydrogen (secondary N) is 1. The van der Waals surface area contributed by atoms with Crippen molar-refractivity contribution < 1.29 is 67.0 Å². The van der Waals surface area contributed by atoms with Gasteiger partial charge in [0.25, 0.3) is 0 Å². The summed E-state index contributed by atoms with van der Waals surface area (Å²) in [6, 6.07) is -1.67. The first-order chi connectivity index (χ1) is 17.4. The molecule has 0 aliphatic carbocycles. The predicted octanol–water partition coefficient (Wildman–Crippen LogP) is 0.453. The van der Waals surface area contributed by atoms with Gasteiger partial charge in [-0.25, -0.2) is 9.59 Å². The maximum absolute atomic E-state index is 12.2. The third kappa shape index (κ3) is 10.9. The summed E-state index contributed by atoms with van der Waals surface area (Å²) in [7, 11) is 0. The molecule has 0 spiro atoms. The molecule has 0 aromatic rings. The Kier molecular flexibility index (Phi) is 11.9. The van der Waals surface area contributed by atoms with Gasteiger partial charge in [0.15, 0.2) is 30.6 Å². The third-order valence-electron chi connectivity index (χ3n) is 4.70. The van der Waals surface area contributed by atoms with Gasteiger partial charge in [0.1, 0.15) is 18.3 Å². The van der Waals surface area contributed by atoms with Crippen LogP contribution in [0.25, 0.3) is 0 Å². The van der Waals surface area contributed by atoms with E-state index in [4.69, 9.17) is 33.2 Å². The minimum atomic E-state index is -1.67. The number of carboxylic acid groups (broad SMARTS) is 1. The third-order valence-corrected chi connectivity index (χ3v) is 4.70. The molecule has 1 fully saturated rings. The van der Waals surface area contributed by atoms with Crippen molar-refractivity contribution >= 4 is 35.9 Å². The Labute approximate surface area is 219 Å². The summed E-state index contributed by atoms with van der Waals surface area (Å²) in [5.74, 6) is -4.73. The van der Waals surface area contributed by atoms with E-state index in [9.17, 15) is 33.9 Å². The predicted molar refractivity (Wildman–Crippen MR) is 123 cm³/mol. The van der Waals surface area contributed by atoms with E-state index in [1.165, 1.54) is 6.92 Å². The summed E-state index contributed by atoms with van der Waals surface area (Å²) in [4.78, 5) is 71.1. The van der Waals surface area contributed by atoms with Crippen molar-refractivity contribution in [3.05, 3.63) is 0 Å². The summed E-state index contributed by atoms with van der Waals surface area (Å²) >= 11 is 0. The Morgan fingerprint density at radius 2 is 1.34 bits per heavy atom. The maximum Gasteiger partial charge on any atom is 0.408 e. The number of aliphatic carboxylic acids is 1. The fraction of sp³-hybridized carbons (Fsp3) is 0.739. The minimum Gasteiger partial charge on any atom is -0.480 e. The van der Waals surface area contributed by atoms with Crippen molar-refractivity contribution in [2.24, 2.45) is 0 Å². The number of hydrogen-bond acceptors (Lipinski definition) is 13. The van der Waals surface area contributed by atoms with Crippen LogP contribution in [0, 0.1) is 0 Å². The second-order valence-corrected chi connectivity index (χ2v) is 9.37. The van der Waals surface area contributed by atoms with Gasteiger partial charge in [0.05, 0.1) is 6.10 Å². The number of ether oxygens (including phenoxy) is 7. The lowest BCUT2D eigenvalue weighted by molar-refractivity contribution is -0.316. The largest absolute Gasteiger partial charge is 0.480 e. The molecule has 1 saturated heterocycles. The van der Waals surface area contributed by atoms with Crippen molar-refractivity contribution in [1.82, 2.24) is 5.32 Å². The molecule has 0 unspecified atom stereocenters.